The van der Waals surface area contributed by atoms with E-state index in [1.807, 2.05) is 12.4 Å². The van der Waals surface area contributed by atoms with Gasteiger partial charge in [-0.1, -0.05) is 25.1 Å². The molecule has 0 radical (unpaired) electrons. The average molecular weight is 397 g/mol. The second-order valence-electron chi connectivity index (χ2n) is 8.36. The lowest BCUT2D eigenvalue weighted by Gasteiger charge is -2.32. The predicted octanol–water partition coefficient (Wildman–Crippen LogP) is 3.70. The fraction of sp³-hybridized carbons (Fsp3) is 0.304. The average Bonchev–Trinajstić information content (AvgIpc) is 3.25. The van der Waals surface area contributed by atoms with Gasteiger partial charge in [-0.3, -0.25) is 15.4 Å². The van der Waals surface area contributed by atoms with Crippen LogP contribution in [0.25, 0.3) is 27.7 Å². The molecule has 7 heteroatoms. The van der Waals surface area contributed by atoms with Gasteiger partial charge in [-0.2, -0.15) is 0 Å². The van der Waals surface area contributed by atoms with Gasteiger partial charge in [0.25, 0.3) is 0 Å². The molecule has 3 aliphatic heterocycles. The van der Waals surface area contributed by atoms with E-state index >= 15 is 0 Å². The van der Waals surface area contributed by atoms with Crippen molar-refractivity contribution in [1.82, 2.24) is 20.4 Å². The number of aromatic amines is 1. The number of fused-ring (bicyclic) bond motifs is 4. The Bertz CT molecular complexity index is 1280. The standard InChI is InChI=1S/C23H23N7/c1-4-30-18-8-14(5-6-17(18)23(3)22(28-23)29-30)16-11-25-21-19(16)20(26-12-27-21)15-7-13(2)9-24-10-15/h5-8,10-13H,4,9H2,1-3H3,(H,28,29)(H,25,26,27). The molecule has 3 aliphatic rings. The minimum atomic E-state index is -0.201. The van der Waals surface area contributed by atoms with E-state index in [2.05, 4.69) is 80.4 Å². The fourth-order valence-electron chi connectivity index (χ4n) is 4.56. The van der Waals surface area contributed by atoms with Gasteiger partial charge >= 0.3 is 0 Å². The summed E-state index contributed by atoms with van der Waals surface area (Å²) >= 11 is 0. The Balaban J connectivity index is 1.53. The maximum absolute atomic E-state index is 4.67. The summed E-state index contributed by atoms with van der Waals surface area (Å²) in [6, 6.07) is 6.63. The maximum Gasteiger partial charge on any atom is 0.149 e. The number of benzene rings is 1. The van der Waals surface area contributed by atoms with Crippen molar-refractivity contribution in [1.29, 1.82) is 0 Å². The molecule has 0 amide bonds. The van der Waals surface area contributed by atoms with Crippen molar-refractivity contribution in [3.05, 3.63) is 48.1 Å². The van der Waals surface area contributed by atoms with Crippen LogP contribution in [0.15, 0.2) is 46.8 Å². The van der Waals surface area contributed by atoms with Gasteiger partial charge in [-0.25, -0.2) is 15.0 Å². The first-order chi connectivity index (χ1) is 14.6. The molecular formula is C23H23N7. The minimum absolute atomic E-state index is 0.201. The third-order valence-electron chi connectivity index (χ3n) is 6.26. The summed E-state index contributed by atoms with van der Waals surface area (Å²) in [4.78, 5) is 21.6. The van der Waals surface area contributed by atoms with Crippen LogP contribution in [0.4, 0.5) is 5.69 Å². The number of rotatable bonds is 3. The molecule has 0 spiro atoms. The van der Waals surface area contributed by atoms with Crippen LogP contribution in [0.1, 0.15) is 32.0 Å². The van der Waals surface area contributed by atoms with Crippen LogP contribution in [0.5, 0.6) is 0 Å². The summed E-state index contributed by atoms with van der Waals surface area (Å²) in [5, 5.41) is 3.20. The van der Waals surface area contributed by atoms with Crippen LogP contribution < -0.4 is 10.4 Å². The number of anilines is 1. The van der Waals surface area contributed by atoms with Crippen molar-refractivity contribution >= 4 is 34.3 Å². The van der Waals surface area contributed by atoms with Gasteiger partial charge in [0.05, 0.1) is 16.8 Å². The number of aliphatic imine (C=N–C) groups is 2. The lowest BCUT2D eigenvalue weighted by atomic mass is 9.91. The minimum Gasteiger partial charge on any atom is -0.345 e. The normalized spacial score (nSPS) is 24.1. The van der Waals surface area contributed by atoms with Crippen LogP contribution in [-0.2, 0) is 5.54 Å². The van der Waals surface area contributed by atoms with Crippen molar-refractivity contribution in [3.63, 3.8) is 0 Å². The van der Waals surface area contributed by atoms with Gasteiger partial charge in [0, 0.05) is 42.2 Å². The molecule has 2 aromatic heterocycles. The SMILES string of the molecule is CCN1NC2=NC2(C)c2ccc(-c3c[nH]c4ncnc(C5=CC(C)CN=C5)c34)cc21. The lowest BCUT2D eigenvalue weighted by Crippen LogP contribution is -2.46. The Morgan fingerprint density at radius 2 is 2.17 bits per heavy atom. The molecule has 1 aromatic carbocycles. The highest BCUT2D eigenvalue weighted by Gasteiger charge is 2.50. The second-order valence-corrected chi connectivity index (χ2v) is 8.36. The molecule has 2 N–H and O–H groups in total. The monoisotopic (exact) mass is 397 g/mol. The van der Waals surface area contributed by atoms with Gasteiger partial charge < -0.3 is 4.98 Å². The number of hydrogen-bond acceptors (Lipinski definition) is 6. The highest BCUT2D eigenvalue weighted by Crippen LogP contribution is 2.47. The number of dihydropyridines is 1. The molecule has 0 saturated carbocycles. The Morgan fingerprint density at radius 1 is 1.27 bits per heavy atom. The van der Waals surface area contributed by atoms with Gasteiger partial charge in [-0.15, -0.1) is 0 Å². The third kappa shape index (κ3) is 2.38. The zero-order valence-electron chi connectivity index (χ0n) is 17.3. The van der Waals surface area contributed by atoms with Crippen molar-refractivity contribution in [3.8, 4) is 11.1 Å². The van der Waals surface area contributed by atoms with Crippen LogP contribution in [0, 0.1) is 5.92 Å². The smallest absolute Gasteiger partial charge is 0.149 e. The Labute approximate surface area is 174 Å². The van der Waals surface area contributed by atoms with Crippen molar-refractivity contribution in [2.75, 3.05) is 18.1 Å². The second kappa shape index (κ2) is 6.01. The summed E-state index contributed by atoms with van der Waals surface area (Å²) in [6.45, 7) is 8.16. The number of allylic oxidation sites excluding steroid dienone is 1. The van der Waals surface area contributed by atoms with E-state index in [1.54, 1.807) is 6.33 Å². The number of nitrogens with zero attached hydrogens (tertiary/aromatic N) is 5. The highest BCUT2D eigenvalue weighted by molar-refractivity contribution is 6.16. The molecule has 150 valence electrons. The van der Waals surface area contributed by atoms with Crippen LogP contribution >= 0.6 is 0 Å². The molecule has 0 aliphatic carbocycles. The molecule has 6 rings (SSSR count). The number of hydrazine groups is 1. The number of hydrogen-bond donors (Lipinski definition) is 2. The van der Waals surface area contributed by atoms with Crippen LogP contribution in [-0.4, -0.2) is 40.1 Å². The first-order valence-electron chi connectivity index (χ1n) is 10.4. The lowest BCUT2D eigenvalue weighted by molar-refractivity contribution is 0.703. The van der Waals surface area contributed by atoms with Gasteiger partial charge in [0.1, 0.15) is 23.3 Å². The molecule has 2 unspecified atom stereocenters. The fourth-order valence-corrected chi connectivity index (χ4v) is 4.56. The van der Waals surface area contributed by atoms with Crippen molar-refractivity contribution < 1.29 is 0 Å². The molecule has 5 heterocycles. The van der Waals surface area contributed by atoms with E-state index < -0.39 is 0 Å². The number of nitrogens with one attached hydrogen (secondary N) is 2. The molecular weight excluding hydrogens is 374 g/mol. The van der Waals surface area contributed by atoms with Crippen molar-refractivity contribution in [2.24, 2.45) is 15.9 Å². The Hall–Kier alpha value is -3.48. The molecule has 0 fully saturated rings. The van der Waals surface area contributed by atoms with Gasteiger partial charge in [-0.05, 0) is 31.4 Å². The van der Waals surface area contributed by atoms with Gasteiger partial charge in [0.15, 0.2) is 0 Å². The summed E-state index contributed by atoms with van der Waals surface area (Å²) in [6.07, 6.45) is 7.82. The van der Waals surface area contributed by atoms with E-state index in [0.29, 0.717) is 5.92 Å². The number of amidine groups is 1. The zero-order chi connectivity index (χ0) is 20.5. The third-order valence-corrected chi connectivity index (χ3v) is 6.26. The Kier molecular flexibility index (Phi) is 3.48. The van der Waals surface area contributed by atoms with E-state index in [9.17, 15) is 0 Å². The molecule has 3 aromatic rings. The molecule has 2 atom stereocenters. The van der Waals surface area contributed by atoms with E-state index in [4.69, 9.17) is 0 Å². The topological polar surface area (TPSA) is 81.6 Å². The predicted molar refractivity (Wildman–Crippen MR) is 121 cm³/mol. The molecule has 0 bridgehead atoms. The summed E-state index contributed by atoms with van der Waals surface area (Å²) in [5.41, 5.74) is 10.7. The Morgan fingerprint density at radius 3 is 3.00 bits per heavy atom. The number of aromatic nitrogens is 3. The number of H-pyrrole nitrogens is 1. The van der Waals surface area contributed by atoms with Crippen LogP contribution in [0.3, 0.4) is 0 Å². The first-order valence-corrected chi connectivity index (χ1v) is 10.4. The van der Waals surface area contributed by atoms with Crippen molar-refractivity contribution in [2.45, 2.75) is 26.3 Å². The summed E-state index contributed by atoms with van der Waals surface area (Å²) in [7, 11) is 0. The summed E-state index contributed by atoms with van der Waals surface area (Å²) < 4.78 is 0. The van der Waals surface area contributed by atoms with E-state index in [1.165, 1.54) is 11.3 Å². The molecule has 7 nitrogen and oxygen atoms in total. The quantitative estimate of drug-likeness (QED) is 0.706. The van der Waals surface area contributed by atoms with E-state index in [0.717, 1.165) is 52.4 Å². The summed E-state index contributed by atoms with van der Waals surface area (Å²) in [5.74, 6) is 1.45. The maximum atomic E-state index is 4.67. The van der Waals surface area contributed by atoms with E-state index in [-0.39, 0.29) is 5.54 Å². The first kappa shape index (κ1) is 17.4. The zero-order valence-corrected chi connectivity index (χ0v) is 17.3. The molecule has 0 saturated heterocycles. The van der Waals surface area contributed by atoms with Gasteiger partial charge in [0.2, 0.25) is 0 Å². The largest absolute Gasteiger partial charge is 0.345 e. The molecule has 30 heavy (non-hydrogen) atoms. The van der Waals surface area contributed by atoms with Crippen LogP contribution in [0.2, 0.25) is 0 Å². The highest BCUT2D eigenvalue weighted by atomic mass is 15.6.